The molecular formula is C28H29N5O2. The lowest BCUT2D eigenvalue weighted by Gasteiger charge is -2.15. The monoisotopic (exact) mass is 467 g/mol. The van der Waals surface area contributed by atoms with E-state index in [4.69, 9.17) is 9.72 Å². The zero-order valence-corrected chi connectivity index (χ0v) is 19.8. The van der Waals surface area contributed by atoms with Crippen molar-refractivity contribution in [1.29, 1.82) is 0 Å². The third-order valence-electron chi connectivity index (χ3n) is 6.31. The molecule has 0 atom stereocenters. The van der Waals surface area contributed by atoms with Crippen molar-refractivity contribution in [3.8, 4) is 16.9 Å². The molecular weight excluding hydrogens is 438 g/mol. The lowest BCUT2D eigenvalue weighted by Crippen LogP contribution is -2.33. The average molecular weight is 468 g/mol. The summed E-state index contributed by atoms with van der Waals surface area (Å²) >= 11 is 0. The number of hydrogen-bond acceptors (Lipinski definition) is 6. The fourth-order valence-corrected chi connectivity index (χ4v) is 4.42. The van der Waals surface area contributed by atoms with Crippen LogP contribution in [-0.4, -0.2) is 54.1 Å². The number of carbonyl (C=O) groups excluding carboxylic acids is 1. The molecule has 5 rings (SSSR count). The van der Waals surface area contributed by atoms with Crippen LogP contribution in [0.2, 0.25) is 0 Å². The first-order valence-electron chi connectivity index (χ1n) is 12.0. The van der Waals surface area contributed by atoms with Crippen molar-refractivity contribution in [2.45, 2.75) is 12.8 Å². The van der Waals surface area contributed by atoms with E-state index < -0.39 is 0 Å². The van der Waals surface area contributed by atoms with Crippen LogP contribution >= 0.6 is 0 Å². The van der Waals surface area contributed by atoms with E-state index in [-0.39, 0.29) is 5.91 Å². The molecule has 0 saturated carbocycles. The van der Waals surface area contributed by atoms with E-state index in [1.165, 1.54) is 12.8 Å². The third kappa shape index (κ3) is 5.41. The van der Waals surface area contributed by atoms with E-state index in [9.17, 15) is 4.79 Å². The normalized spacial score (nSPS) is 13.6. The Kier molecular flexibility index (Phi) is 6.86. The summed E-state index contributed by atoms with van der Waals surface area (Å²) in [4.78, 5) is 24.3. The number of likely N-dealkylation sites (tertiary alicyclic amines) is 1. The van der Waals surface area contributed by atoms with Crippen LogP contribution in [0.3, 0.4) is 0 Å². The Labute approximate surface area is 205 Å². The second-order valence-electron chi connectivity index (χ2n) is 8.68. The Morgan fingerprint density at radius 1 is 1.03 bits per heavy atom. The number of fused-ring (bicyclic) bond motifs is 1. The van der Waals surface area contributed by atoms with Gasteiger partial charge in [0.2, 0.25) is 5.95 Å². The van der Waals surface area contributed by atoms with E-state index in [1.807, 2.05) is 72.9 Å². The molecule has 1 amide bonds. The zero-order valence-electron chi connectivity index (χ0n) is 19.8. The number of anilines is 2. The van der Waals surface area contributed by atoms with E-state index >= 15 is 0 Å². The summed E-state index contributed by atoms with van der Waals surface area (Å²) < 4.78 is 5.28. The first-order valence-corrected chi connectivity index (χ1v) is 12.0. The van der Waals surface area contributed by atoms with Crippen molar-refractivity contribution < 1.29 is 9.53 Å². The lowest BCUT2D eigenvalue weighted by atomic mass is 10.0. The molecule has 35 heavy (non-hydrogen) atoms. The van der Waals surface area contributed by atoms with Gasteiger partial charge in [0.15, 0.2) is 0 Å². The van der Waals surface area contributed by atoms with Gasteiger partial charge in [-0.25, -0.2) is 9.97 Å². The van der Waals surface area contributed by atoms with Crippen LogP contribution in [0.15, 0.2) is 72.9 Å². The number of ether oxygens (including phenoxy) is 1. The average Bonchev–Trinajstić information content (AvgIpc) is 3.42. The predicted octanol–water partition coefficient (Wildman–Crippen LogP) is 4.87. The van der Waals surface area contributed by atoms with E-state index in [1.54, 1.807) is 7.11 Å². The van der Waals surface area contributed by atoms with Crippen LogP contribution in [0.4, 0.5) is 11.6 Å². The molecule has 1 saturated heterocycles. The summed E-state index contributed by atoms with van der Waals surface area (Å²) in [5, 5.41) is 7.24. The second-order valence-corrected chi connectivity index (χ2v) is 8.68. The molecule has 1 aliphatic heterocycles. The molecule has 0 bridgehead atoms. The molecule has 1 fully saturated rings. The Morgan fingerprint density at radius 2 is 1.83 bits per heavy atom. The highest BCUT2D eigenvalue weighted by molar-refractivity contribution is 5.96. The fraction of sp³-hybridized carbons (Fsp3) is 0.250. The van der Waals surface area contributed by atoms with E-state index in [0.717, 1.165) is 53.1 Å². The second kappa shape index (κ2) is 10.5. The molecule has 2 heterocycles. The number of hydrogen-bond donors (Lipinski definition) is 2. The van der Waals surface area contributed by atoms with Crippen LogP contribution in [0.25, 0.3) is 22.0 Å². The molecule has 0 radical (unpaired) electrons. The zero-order chi connectivity index (χ0) is 24.0. The predicted molar refractivity (Wildman–Crippen MR) is 139 cm³/mol. The minimum Gasteiger partial charge on any atom is -0.497 e. The standard InChI is InChI=1S/C28H29N5O2/c1-35-24-12-10-20(11-13-24)25-9-5-7-22-19-30-28(32-26(22)25)31-23-8-4-6-21(18-23)27(34)29-14-17-33-15-2-3-16-33/h4-13,18-19H,2-3,14-17H2,1H3,(H,29,34)(H,30,31,32). The van der Waals surface area contributed by atoms with Crippen LogP contribution in [0, 0.1) is 0 Å². The number of methoxy groups -OCH3 is 1. The molecule has 2 N–H and O–H groups in total. The van der Waals surface area contributed by atoms with Gasteiger partial charge >= 0.3 is 0 Å². The molecule has 0 spiro atoms. The molecule has 3 aromatic carbocycles. The van der Waals surface area contributed by atoms with Gasteiger partial charge in [0, 0.05) is 41.5 Å². The van der Waals surface area contributed by atoms with Gasteiger partial charge in [-0.05, 0) is 61.8 Å². The minimum atomic E-state index is -0.0749. The number of carbonyl (C=O) groups is 1. The Balaban J connectivity index is 1.32. The van der Waals surface area contributed by atoms with Gasteiger partial charge in [0.1, 0.15) is 5.75 Å². The number of nitrogens with zero attached hydrogens (tertiary/aromatic N) is 3. The largest absolute Gasteiger partial charge is 0.497 e. The summed E-state index contributed by atoms with van der Waals surface area (Å²) in [6, 6.07) is 21.4. The van der Waals surface area contributed by atoms with Crippen molar-refractivity contribution in [1.82, 2.24) is 20.2 Å². The van der Waals surface area contributed by atoms with E-state index in [2.05, 4.69) is 20.5 Å². The van der Waals surface area contributed by atoms with Crippen LogP contribution in [-0.2, 0) is 0 Å². The smallest absolute Gasteiger partial charge is 0.251 e. The van der Waals surface area contributed by atoms with Crippen LogP contribution < -0.4 is 15.4 Å². The molecule has 0 aliphatic carbocycles. The van der Waals surface area contributed by atoms with E-state index in [0.29, 0.717) is 18.1 Å². The maximum Gasteiger partial charge on any atom is 0.251 e. The van der Waals surface area contributed by atoms with Gasteiger partial charge in [-0.1, -0.05) is 36.4 Å². The topological polar surface area (TPSA) is 79.4 Å². The van der Waals surface area contributed by atoms with Crippen LogP contribution in [0.1, 0.15) is 23.2 Å². The Bertz CT molecular complexity index is 1320. The number of nitrogens with one attached hydrogen (secondary N) is 2. The first kappa shape index (κ1) is 22.8. The van der Waals surface area contributed by atoms with Crippen molar-refractivity contribution in [3.63, 3.8) is 0 Å². The number of aromatic nitrogens is 2. The Hall–Kier alpha value is -3.97. The number of benzene rings is 3. The maximum atomic E-state index is 12.6. The number of amides is 1. The van der Waals surface area contributed by atoms with Crippen molar-refractivity contribution in [3.05, 3.63) is 78.5 Å². The summed E-state index contributed by atoms with van der Waals surface area (Å²) in [6.45, 7) is 3.80. The summed E-state index contributed by atoms with van der Waals surface area (Å²) in [5.74, 6) is 1.21. The summed E-state index contributed by atoms with van der Waals surface area (Å²) in [5.41, 5.74) is 4.29. The summed E-state index contributed by atoms with van der Waals surface area (Å²) in [6.07, 6.45) is 4.31. The van der Waals surface area contributed by atoms with Gasteiger partial charge in [0.05, 0.1) is 12.6 Å². The van der Waals surface area contributed by atoms with Crippen molar-refractivity contribution in [2.24, 2.45) is 0 Å². The maximum absolute atomic E-state index is 12.6. The number of rotatable bonds is 8. The van der Waals surface area contributed by atoms with Crippen molar-refractivity contribution in [2.75, 3.05) is 38.6 Å². The van der Waals surface area contributed by atoms with Crippen LogP contribution in [0.5, 0.6) is 5.75 Å². The summed E-state index contributed by atoms with van der Waals surface area (Å²) in [7, 11) is 1.66. The van der Waals surface area contributed by atoms with Gasteiger partial charge in [-0.15, -0.1) is 0 Å². The molecule has 7 heteroatoms. The van der Waals surface area contributed by atoms with Gasteiger partial charge in [0.25, 0.3) is 5.91 Å². The SMILES string of the molecule is COc1ccc(-c2cccc3cnc(Nc4cccc(C(=O)NCCN5CCCC5)c4)nc23)cc1. The van der Waals surface area contributed by atoms with Gasteiger partial charge in [-0.3, -0.25) is 4.79 Å². The van der Waals surface area contributed by atoms with Crippen molar-refractivity contribution >= 4 is 28.4 Å². The molecule has 178 valence electrons. The lowest BCUT2D eigenvalue weighted by molar-refractivity contribution is 0.0950. The highest BCUT2D eigenvalue weighted by atomic mass is 16.5. The fourth-order valence-electron chi connectivity index (χ4n) is 4.42. The molecule has 1 aliphatic rings. The minimum absolute atomic E-state index is 0.0749. The quantitative estimate of drug-likeness (QED) is 0.385. The molecule has 7 nitrogen and oxygen atoms in total. The first-order chi connectivity index (χ1) is 17.2. The van der Waals surface area contributed by atoms with Gasteiger partial charge < -0.3 is 20.3 Å². The molecule has 4 aromatic rings. The number of para-hydroxylation sites is 1. The highest BCUT2D eigenvalue weighted by Gasteiger charge is 2.13. The Morgan fingerprint density at radius 3 is 2.63 bits per heavy atom. The third-order valence-corrected chi connectivity index (χ3v) is 6.31. The van der Waals surface area contributed by atoms with Gasteiger partial charge in [-0.2, -0.15) is 0 Å². The molecule has 0 unspecified atom stereocenters. The highest BCUT2D eigenvalue weighted by Crippen LogP contribution is 2.29. The molecule has 1 aromatic heterocycles.